The highest BCUT2D eigenvalue weighted by atomic mass is 16.3. The molecule has 3 aliphatic rings. The summed E-state index contributed by atoms with van der Waals surface area (Å²) in [5.74, 6) is 1.14. The second-order valence-corrected chi connectivity index (χ2v) is 17.5. The second kappa shape index (κ2) is 14.6. The molecule has 296 valence electrons. The van der Waals surface area contributed by atoms with Crippen molar-refractivity contribution in [1.29, 1.82) is 0 Å². The Morgan fingerprint density at radius 3 is 1.42 bits per heavy atom. The number of furan rings is 2. The van der Waals surface area contributed by atoms with E-state index in [9.17, 15) is 0 Å². The first kappa shape index (κ1) is 36.6. The van der Waals surface area contributed by atoms with Crippen molar-refractivity contribution in [2.24, 2.45) is 11.8 Å². The number of benzene rings is 6. The van der Waals surface area contributed by atoms with Crippen LogP contribution in [0.3, 0.4) is 0 Å². The molecule has 2 aromatic heterocycles. The smallest absolute Gasteiger partial charge is 0.136 e. The summed E-state index contributed by atoms with van der Waals surface area (Å²) in [5, 5.41) is 9.06. The molecular formula is C56H50N2O2. The van der Waals surface area contributed by atoms with E-state index in [0.717, 1.165) is 93.5 Å². The molecule has 2 heterocycles. The van der Waals surface area contributed by atoms with Gasteiger partial charge in [0.15, 0.2) is 0 Å². The number of fused-ring (bicyclic) bond motifs is 8. The van der Waals surface area contributed by atoms with E-state index in [1.807, 2.05) is 0 Å². The maximum absolute atomic E-state index is 6.69. The number of para-hydroxylation sites is 1. The van der Waals surface area contributed by atoms with E-state index in [2.05, 4.69) is 183 Å². The van der Waals surface area contributed by atoms with Crippen LogP contribution in [0.25, 0.3) is 65.4 Å². The Bertz CT molecular complexity index is 3210. The van der Waals surface area contributed by atoms with Gasteiger partial charge in [-0.15, -0.1) is 0 Å². The minimum atomic E-state index is 0.566. The van der Waals surface area contributed by atoms with E-state index in [0.29, 0.717) is 11.8 Å². The van der Waals surface area contributed by atoms with Gasteiger partial charge in [0, 0.05) is 55.7 Å². The van der Waals surface area contributed by atoms with Gasteiger partial charge in [-0.1, -0.05) is 93.5 Å². The highest BCUT2D eigenvalue weighted by molar-refractivity contribution is 6.18. The zero-order valence-electron chi connectivity index (χ0n) is 35.0. The Hall–Kier alpha value is -6.52. The van der Waals surface area contributed by atoms with Gasteiger partial charge in [-0.25, -0.2) is 0 Å². The van der Waals surface area contributed by atoms with Gasteiger partial charge < -0.3 is 18.6 Å². The quantitative estimate of drug-likeness (QED) is 0.154. The molecule has 0 amide bonds. The Morgan fingerprint density at radius 1 is 0.417 bits per heavy atom. The third kappa shape index (κ3) is 6.37. The fourth-order valence-electron chi connectivity index (χ4n) is 9.75. The van der Waals surface area contributed by atoms with E-state index < -0.39 is 0 Å². The normalized spacial score (nSPS) is 16.0. The molecule has 0 radical (unpaired) electrons. The van der Waals surface area contributed by atoms with Gasteiger partial charge in [0.25, 0.3) is 0 Å². The molecule has 0 aliphatic heterocycles. The Morgan fingerprint density at radius 2 is 0.917 bits per heavy atom. The molecule has 4 heteroatoms. The van der Waals surface area contributed by atoms with Gasteiger partial charge >= 0.3 is 0 Å². The molecule has 60 heavy (non-hydrogen) atoms. The molecule has 0 bridgehead atoms. The lowest BCUT2D eigenvalue weighted by atomic mass is 9.92. The largest absolute Gasteiger partial charge is 0.456 e. The number of allylic oxidation sites excluding steroid dienone is 12. The Kier molecular flexibility index (Phi) is 8.92. The summed E-state index contributed by atoms with van der Waals surface area (Å²) < 4.78 is 13.4. The SMILES string of the molecule is CC(C)C1=CC=C(N(C2=CC=CCC2)c2ccc3cc4c(cc3c2)oc2cc3c(cc24)oc2cc4cc(N(C5=CC=C(C(C)C)CC5)c5ccccc5)ccc4cc23)CC1. The monoisotopic (exact) mass is 782 g/mol. The van der Waals surface area contributed by atoms with Crippen LogP contribution < -0.4 is 9.80 Å². The highest BCUT2D eigenvalue weighted by Crippen LogP contribution is 2.43. The molecule has 0 N–H and O–H groups in total. The molecule has 8 aromatic rings. The molecule has 0 atom stereocenters. The van der Waals surface area contributed by atoms with Crippen molar-refractivity contribution in [3.63, 3.8) is 0 Å². The molecule has 0 unspecified atom stereocenters. The number of nitrogens with zero attached hydrogens (tertiary/aromatic N) is 2. The van der Waals surface area contributed by atoms with E-state index in [4.69, 9.17) is 8.83 Å². The Balaban J connectivity index is 0.972. The number of hydrogen-bond acceptors (Lipinski definition) is 4. The minimum Gasteiger partial charge on any atom is -0.456 e. The Labute approximate surface area is 351 Å². The van der Waals surface area contributed by atoms with Gasteiger partial charge in [0.2, 0.25) is 0 Å². The average molecular weight is 783 g/mol. The predicted molar refractivity (Wildman–Crippen MR) is 254 cm³/mol. The molecule has 6 aromatic carbocycles. The van der Waals surface area contributed by atoms with Gasteiger partial charge in [-0.3, -0.25) is 0 Å². The molecule has 0 saturated heterocycles. The van der Waals surface area contributed by atoms with Crippen molar-refractivity contribution in [2.75, 3.05) is 9.80 Å². The molecule has 4 nitrogen and oxygen atoms in total. The van der Waals surface area contributed by atoms with Crippen molar-refractivity contribution in [3.8, 4) is 0 Å². The van der Waals surface area contributed by atoms with Crippen LogP contribution in [0.1, 0.15) is 66.2 Å². The van der Waals surface area contributed by atoms with Crippen molar-refractivity contribution in [1.82, 2.24) is 0 Å². The summed E-state index contributed by atoms with van der Waals surface area (Å²) in [6.07, 6.45) is 22.4. The van der Waals surface area contributed by atoms with Crippen LogP contribution in [-0.2, 0) is 0 Å². The van der Waals surface area contributed by atoms with Gasteiger partial charge in [-0.2, -0.15) is 0 Å². The van der Waals surface area contributed by atoms with Crippen LogP contribution >= 0.6 is 0 Å². The van der Waals surface area contributed by atoms with Crippen molar-refractivity contribution in [2.45, 2.75) is 66.2 Å². The van der Waals surface area contributed by atoms with Gasteiger partial charge in [-0.05, 0) is 163 Å². The van der Waals surface area contributed by atoms with Crippen LogP contribution in [0.5, 0.6) is 0 Å². The molecule has 3 aliphatic carbocycles. The molecule has 0 spiro atoms. The fraction of sp³-hybridized carbons (Fsp3) is 0.214. The summed E-state index contributed by atoms with van der Waals surface area (Å²) in [6.45, 7) is 9.17. The van der Waals surface area contributed by atoms with Crippen LogP contribution in [0.4, 0.5) is 17.1 Å². The number of hydrogen-bond donors (Lipinski definition) is 0. The van der Waals surface area contributed by atoms with Crippen molar-refractivity contribution in [3.05, 3.63) is 174 Å². The fourth-order valence-corrected chi connectivity index (χ4v) is 9.75. The first-order valence-electron chi connectivity index (χ1n) is 21.8. The van der Waals surface area contributed by atoms with Gasteiger partial charge in [0.1, 0.15) is 22.3 Å². The van der Waals surface area contributed by atoms with Crippen LogP contribution in [0, 0.1) is 11.8 Å². The summed E-state index contributed by atoms with van der Waals surface area (Å²) in [6, 6.07) is 37.8. The lowest BCUT2D eigenvalue weighted by molar-refractivity contribution is 0.664. The van der Waals surface area contributed by atoms with Gasteiger partial charge in [0.05, 0.1) is 0 Å². The molecular weight excluding hydrogens is 733 g/mol. The number of rotatable bonds is 8. The zero-order valence-corrected chi connectivity index (χ0v) is 35.0. The third-order valence-corrected chi connectivity index (χ3v) is 13.1. The van der Waals surface area contributed by atoms with E-state index >= 15 is 0 Å². The van der Waals surface area contributed by atoms with Crippen LogP contribution in [0.15, 0.2) is 183 Å². The maximum Gasteiger partial charge on any atom is 0.136 e. The topological polar surface area (TPSA) is 32.8 Å². The number of anilines is 3. The zero-order chi connectivity index (χ0) is 40.5. The third-order valence-electron chi connectivity index (χ3n) is 13.1. The summed E-state index contributed by atoms with van der Waals surface area (Å²) in [7, 11) is 0. The molecule has 11 rings (SSSR count). The average Bonchev–Trinajstić information content (AvgIpc) is 3.80. The first-order chi connectivity index (χ1) is 29.3. The lowest BCUT2D eigenvalue weighted by Gasteiger charge is -2.33. The van der Waals surface area contributed by atoms with E-state index in [1.54, 1.807) is 0 Å². The highest BCUT2D eigenvalue weighted by Gasteiger charge is 2.23. The molecule has 0 fully saturated rings. The summed E-state index contributed by atoms with van der Waals surface area (Å²) >= 11 is 0. The van der Waals surface area contributed by atoms with Crippen molar-refractivity contribution >= 4 is 82.5 Å². The van der Waals surface area contributed by atoms with E-state index in [1.165, 1.54) is 55.8 Å². The second-order valence-electron chi connectivity index (χ2n) is 17.5. The predicted octanol–water partition coefficient (Wildman–Crippen LogP) is 16.5. The maximum atomic E-state index is 6.69. The lowest BCUT2D eigenvalue weighted by Crippen LogP contribution is -2.24. The van der Waals surface area contributed by atoms with Crippen LogP contribution in [-0.4, -0.2) is 0 Å². The van der Waals surface area contributed by atoms with E-state index in [-0.39, 0.29) is 0 Å². The summed E-state index contributed by atoms with van der Waals surface area (Å²) in [4.78, 5) is 4.91. The first-order valence-corrected chi connectivity index (χ1v) is 21.8. The summed E-state index contributed by atoms with van der Waals surface area (Å²) in [5.41, 5.74) is 14.1. The van der Waals surface area contributed by atoms with Crippen LogP contribution in [0.2, 0.25) is 0 Å². The molecule has 0 saturated carbocycles. The standard InChI is InChI=1S/C56H50N2O2/c1-35(2)37-15-21-45(22-16-37)57(43-11-7-5-8-12-43)47-25-19-39-29-49-51-33-56-52(34-55(51)59-53(49)31-41(39)27-47)50-30-40-20-26-48(28-42(40)32-54(50)60-56)58(44-13-9-6-10-14-44)46-23-17-38(18-24-46)36(3)4/h5-9,11-13,15,17,19-21,23,25-36H,10,14,16,18,22,24H2,1-4H3. The minimum absolute atomic E-state index is 0.566. The van der Waals surface area contributed by atoms with Crippen molar-refractivity contribution < 1.29 is 8.83 Å².